The van der Waals surface area contributed by atoms with Crippen molar-refractivity contribution in [1.82, 2.24) is 35.0 Å². The summed E-state index contributed by atoms with van der Waals surface area (Å²) in [4.78, 5) is 4.57. The third kappa shape index (κ3) is 2.59. The van der Waals surface area contributed by atoms with Crippen LogP contribution in [0.3, 0.4) is 0 Å². The summed E-state index contributed by atoms with van der Waals surface area (Å²) in [6.45, 7) is 1.23. The molecule has 0 N–H and O–H groups in total. The normalized spacial score (nSPS) is 11.4. The van der Waals surface area contributed by atoms with Crippen molar-refractivity contribution in [2.24, 2.45) is 0 Å². The number of hydrogen-bond acceptors (Lipinski definition) is 5. The maximum Gasteiger partial charge on any atom is 0.113 e. The van der Waals surface area contributed by atoms with Gasteiger partial charge in [0.05, 0.1) is 29.8 Å². The number of benzene rings is 2. The first kappa shape index (κ1) is 14.7. The fourth-order valence-corrected chi connectivity index (χ4v) is 3.04. The Bertz CT molecular complexity index is 1090. The van der Waals surface area contributed by atoms with Crippen LogP contribution in [-0.2, 0) is 13.1 Å². The molecule has 3 heterocycles. The molecule has 0 atom stereocenters. The van der Waals surface area contributed by atoms with Gasteiger partial charge in [0, 0.05) is 6.20 Å². The van der Waals surface area contributed by atoms with Crippen molar-refractivity contribution in [3.8, 4) is 0 Å². The summed E-state index contributed by atoms with van der Waals surface area (Å²) in [6.07, 6.45) is 1.88. The summed E-state index contributed by atoms with van der Waals surface area (Å²) in [5.41, 5.74) is 5.83. The first-order valence-corrected chi connectivity index (χ1v) is 8.37. The maximum atomic E-state index is 4.57. The molecule has 2 aromatic carbocycles. The van der Waals surface area contributed by atoms with Gasteiger partial charge in [0.15, 0.2) is 0 Å². The van der Waals surface area contributed by atoms with Gasteiger partial charge in [0.1, 0.15) is 11.0 Å². The minimum atomic E-state index is 0.590. The molecule has 7 nitrogen and oxygen atoms in total. The molecule has 3 aromatic heterocycles. The third-order valence-electron chi connectivity index (χ3n) is 4.37. The Hall–Kier alpha value is -3.61. The van der Waals surface area contributed by atoms with Gasteiger partial charge >= 0.3 is 0 Å². The fourth-order valence-electron chi connectivity index (χ4n) is 3.04. The molecule has 7 heteroatoms. The lowest BCUT2D eigenvalue weighted by Crippen LogP contribution is -2.06. The van der Waals surface area contributed by atoms with E-state index in [1.54, 1.807) is 0 Å². The van der Waals surface area contributed by atoms with E-state index in [4.69, 9.17) is 0 Å². The van der Waals surface area contributed by atoms with Gasteiger partial charge in [-0.15, -0.1) is 10.2 Å². The molecular weight excluding hydrogens is 326 g/mol. The summed E-state index contributed by atoms with van der Waals surface area (Å²) in [5.74, 6) is 0. The van der Waals surface area contributed by atoms with E-state index in [9.17, 15) is 0 Å². The van der Waals surface area contributed by atoms with Crippen LogP contribution in [0.15, 0.2) is 66.9 Å². The topological polar surface area (TPSA) is 74.3 Å². The Balaban J connectivity index is 1.37. The number of aromatic nitrogens is 7. The third-order valence-corrected chi connectivity index (χ3v) is 4.37. The predicted molar refractivity (Wildman–Crippen MR) is 97.5 cm³/mol. The van der Waals surface area contributed by atoms with Crippen LogP contribution in [0.5, 0.6) is 0 Å². The molecule has 0 fully saturated rings. The predicted octanol–water partition coefficient (Wildman–Crippen LogP) is 2.67. The van der Waals surface area contributed by atoms with Crippen LogP contribution in [-0.4, -0.2) is 35.0 Å². The molecule has 0 bridgehead atoms. The first-order chi connectivity index (χ1) is 12.9. The van der Waals surface area contributed by atoms with Crippen LogP contribution in [0.25, 0.3) is 22.1 Å². The monoisotopic (exact) mass is 341 g/mol. The molecule has 26 heavy (non-hydrogen) atoms. The second-order valence-corrected chi connectivity index (χ2v) is 6.13. The summed E-state index contributed by atoms with van der Waals surface area (Å²) >= 11 is 0. The standard InChI is InChI=1S/C19H15N7/c1-3-7-18-16(5-1)21-23-25(18)12-14-9-10-15(20-11-14)13-26-19-8-4-2-6-17(19)22-24-26/h1-11H,12-13H2. The van der Waals surface area contributed by atoms with Gasteiger partial charge < -0.3 is 0 Å². The van der Waals surface area contributed by atoms with Gasteiger partial charge in [0.2, 0.25) is 0 Å². The van der Waals surface area contributed by atoms with Crippen molar-refractivity contribution >= 4 is 22.1 Å². The Labute approximate surface area is 148 Å². The number of rotatable bonds is 4. The zero-order valence-corrected chi connectivity index (χ0v) is 13.9. The van der Waals surface area contributed by atoms with Gasteiger partial charge in [-0.1, -0.05) is 40.8 Å². The highest BCUT2D eigenvalue weighted by Crippen LogP contribution is 2.14. The zero-order chi connectivity index (χ0) is 17.3. The van der Waals surface area contributed by atoms with Crippen LogP contribution >= 0.6 is 0 Å². The summed E-state index contributed by atoms with van der Waals surface area (Å²) in [6, 6.07) is 19.9. The Morgan fingerprint density at radius 3 is 1.88 bits per heavy atom. The van der Waals surface area contributed by atoms with Crippen molar-refractivity contribution < 1.29 is 0 Å². The van der Waals surface area contributed by atoms with E-state index in [1.165, 1.54) is 0 Å². The lowest BCUT2D eigenvalue weighted by Gasteiger charge is -2.05. The average molecular weight is 341 g/mol. The smallest absolute Gasteiger partial charge is 0.113 e. The van der Waals surface area contributed by atoms with Crippen molar-refractivity contribution in [1.29, 1.82) is 0 Å². The van der Waals surface area contributed by atoms with Crippen LogP contribution in [0.1, 0.15) is 11.3 Å². The summed E-state index contributed by atoms with van der Waals surface area (Å²) < 4.78 is 3.75. The number of nitrogens with zero attached hydrogens (tertiary/aromatic N) is 7. The van der Waals surface area contributed by atoms with E-state index in [0.29, 0.717) is 13.1 Å². The number of fused-ring (bicyclic) bond motifs is 2. The average Bonchev–Trinajstić information content (AvgIpc) is 3.28. The summed E-state index contributed by atoms with van der Waals surface area (Å²) in [7, 11) is 0. The maximum absolute atomic E-state index is 4.57. The highest BCUT2D eigenvalue weighted by atomic mass is 15.4. The molecule has 5 aromatic rings. The van der Waals surface area contributed by atoms with Gasteiger partial charge in [-0.3, -0.25) is 4.98 Å². The van der Waals surface area contributed by atoms with Crippen molar-refractivity contribution in [3.63, 3.8) is 0 Å². The zero-order valence-electron chi connectivity index (χ0n) is 13.9. The highest BCUT2D eigenvalue weighted by molar-refractivity contribution is 5.74. The van der Waals surface area contributed by atoms with Gasteiger partial charge in [-0.05, 0) is 35.9 Å². The first-order valence-electron chi connectivity index (χ1n) is 8.37. The van der Waals surface area contributed by atoms with Crippen molar-refractivity contribution in [3.05, 3.63) is 78.1 Å². The molecule has 0 aliphatic heterocycles. The van der Waals surface area contributed by atoms with Gasteiger partial charge in [-0.2, -0.15) is 0 Å². The lowest BCUT2D eigenvalue weighted by atomic mass is 10.2. The second kappa shape index (κ2) is 6.03. The fraction of sp³-hybridized carbons (Fsp3) is 0.105. The minimum Gasteiger partial charge on any atom is -0.259 e. The largest absolute Gasteiger partial charge is 0.259 e. The Kier molecular flexibility index (Phi) is 3.41. The van der Waals surface area contributed by atoms with Gasteiger partial charge in [0.25, 0.3) is 0 Å². The molecular formula is C19H15N7. The molecule has 0 aliphatic carbocycles. The van der Waals surface area contributed by atoms with Crippen LogP contribution in [0.4, 0.5) is 0 Å². The lowest BCUT2D eigenvalue weighted by molar-refractivity contribution is 0.651. The Morgan fingerprint density at radius 2 is 1.27 bits per heavy atom. The van der Waals surface area contributed by atoms with Crippen LogP contribution in [0, 0.1) is 0 Å². The van der Waals surface area contributed by atoms with E-state index < -0.39 is 0 Å². The van der Waals surface area contributed by atoms with Crippen LogP contribution in [0.2, 0.25) is 0 Å². The van der Waals surface area contributed by atoms with Gasteiger partial charge in [-0.25, -0.2) is 9.36 Å². The molecule has 0 aliphatic rings. The quantitative estimate of drug-likeness (QED) is 0.502. The number of hydrogen-bond donors (Lipinski definition) is 0. The van der Waals surface area contributed by atoms with E-state index in [1.807, 2.05) is 70.2 Å². The van der Waals surface area contributed by atoms with E-state index in [0.717, 1.165) is 33.3 Å². The second-order valence-electron chi connectivity index (χ2n) is 6.13. The molecule has 0 unspecified atom stereocenters. The van der Waals surface area contributed by atoms with E-state index >= 15 is 0 Å². The molecule has 0 saturated carbocycles. The van der Waals surface area contributed by atoms with E-state index in [2.05, 4.69) is 31.7 Å². The van der Waals surface area contributed by atoms with Crippen LogP contribution < -0.4 is 0 Å². The van der Waals surface area contributed by atoms with Crippen molar-refractivity contribution in [2.45, 2.75) is 13.1 Å². The number of para-hydroxylation sites is 2. The molecule has 0 spiro atoms. The van der Waals surface area contributed by atoms with Crippen molar-refractivity contribution in [2.75, 3.05) is 0 Å². The summed E-state index contributed by atoms with van der Waals surface area (Å²) in [5, 5.41) is 16.8. The SMILES string of the molecule is c1ccc2c(c1)nnn2Cc1ccc(Cn2nnc3ccccc32)nc1. The molecule has 0 amide bonds. The van der Waals surface area contributed by atoms with E-state index in [-0.39, 0.29) is 0 Å². The molecule has 5 rings (SSSR count). The minimum absolute atomic E-state index is 0.590. The molecule has 0 saturated heterocycles. The molecule has 126 valence electrons. The number of pyridine rings is 1. The molecule has 0 radical (unpaired) electrons. The highest BCUT2D eigenvalue weighted by Gasteiger charge is 2.07. The Morgan fingerprint density at radius 1 is 0.654 bits per heavy atom.